The van der Waals surface area contributed by atoms with Gasteiger partial charge in [-0.2, -0.15) is 9.40 Å². The summed E-state index contributed by atoms with van der Waals surface area (Å²) in [5.41, 5.74) is 0.657. The number of hydrogen-bond donors (Lipinski definition) is 1. The van der Waals surface area contributed by atoms with Crippen LogP contribution >= 0.6 is 0 Å². The van der Waals surface area contributed by atoms with Gasteiger partial charge in [0.15, 0.2) is 0 Å². The van der Waals surface area contributed by atoms with Gasteiger partial charge in [-0.15, -0.1) is 0 Å². The highest BCUT2D eigenvalue weighted by molar-refractivity contribution is 7.89. The number of piperazine rings is 1. The van der Waals surface area contributed by atoms with Crippen molar-refractivity contribution in [1.29, 1.82) is 0 Å². The molecule has 0 unspecified atom stereocenters. The van der Waals surface area contributed by atoms with Gasteiger partial charge < -0.3 is 10.2 Å². The van der Waals surface area contributed by atoms with Crippen LogP contribution in [0.5, 0.6) is 0 Å². The molecule has 1 saturated heterocycles. The van der Waals surface area contributed by atoms with Crippen molar-refractivity contribution in [3.8, 4) is 5.69 Å². The second kappa shape index (κ2) is 9.19. The Kier molecular flexibility index (Phi) is 6.35. The van der Waals surface area contributed by atoms with E-state index in [-0.39, 0.29) is 16.1 Å². The molecule has 0 spiro atoms. The molecule has 4 rings (SSSR count). The third-order valence-corrected chi connectivity index (χ3v) is 7.36. The van der Waals surface area contributed by atoms with Crippen molar-refractivity contribution in [1.82, 2.24) is 19.0 Å². The second-order valence-electron chi connectivity index (χ2n) is 7.44. The Morgan fingerprint density at radius 3 is 2.53 bits per heavy atom. The van der Waals surface area contributed by atoms with E-state index in [1.807, 2.05) is 6.92 Å². The van der Waals surface area contributed by atoms with Gasteiger partial charge in [0, 0.05) is 49.8 Å². The van der Waals surface area contributed by atoms with E-state index in [9.17, 15) is 17.6 Å². The van der Waals surface area contributed by atoms with Crippen LogP contribution < -0.4 is 5.32 Å². The van der Waals surface area contributed by atoms with Gasteiger partial charge in [-0.3, -0.25) is 4.79 Å². The van der Waals surface area contributed by atoms with Gasteiger partial charge in [0.05, 0.1) is 4.90 Å². The highest BCUT2D eigenvalue weighted by Gasteiger charge is 2.28. The van der Waals surface area contributed by atoms with Crippen LogP contribution in [0.15, 0.2) is 65.8 Å². The zero-order chi connectivity index (χ0) is 22.7. The molecule has 2 heterocycles. The number of halogens is 1. The Hall–Kier alpha value is -3.08. The molecule has 0 atom stereocenters. The summed E-state index contributed by atoms with van der Waals surface area (Å²) in [6.45, 7) is 5.16. The molecule has 2 aromatic carbocycles. The second-order valence-corrected chi connectivity index (χ2v) is 9.38. The first kappa shape index (κ1) is 22.1. The summed E-state index contributed by atoms with van der Waals surface area (Å²) in [6.07, 6.45) is 3.14. The van der Waals surface area contributed by atoms with Crippen LogP contribution in [0.1, 0.15) is 17.3 Å². The first-order valence-electron chi connectivity index (χ1n) is 10.3. The molecule has 1 fully saturated rings. The summed E-state index contributed by atoms with van der Waals surface area (Å²) in [6, 6.07) is 11.9. The van der Waals surface area contributed by atoms with Gasteiger partial charge in [0.25, 0.3) is 5.91 Å². The number of benzene rings is 2. The van der Waals surface area contributed by atoms with Crippen LogP contribution in [0.25, 0.3) is 5.69 Å². The number of sulfonamides is 1. The molecule has 168 valence electrons. The predicted octanol–water partition coefficient (Wildman–Crippen LogP) is 2.59. The molecule has 0 aliphatic carbocycles. The Morgan fingerprint density at radius 1 is 1.09 bits per heavy atom. The molecule has 0 radical (unpaired) electrons. The van der Waals surface area contributed by atoms with Crippen LogP contribution in [0.2, 0.25) is 0 Å². The normalized spacial score (nSPS) is 15.6. The lowest BCUT2D eigenvalue weighted by Crippen LogP contribution is -2.48. The Balaban J connectivity index is 1.49. The average molecular weight is 458 g/mol. The Labute approximate surface area is 186 Å². The number of hydrogen-bond acceptors (Lipinski definition) is 5. The van der Waals surface area contributed by atoms with Gasteiger partial charge in [0.1, 0.15) is 11.5 Å². The van der Waals surface area contributed by atoms with Crippen LogP contribution in [-0.2, 0) is 10.0 Å². The van der Waals surface area contributed by atoms with E-state index < -0.39 is 21.7 Å². The summed E-state index contributed by atoms with van der Waals surface area (Å²) < 4.78 is 43.3. The van der Waals surface area contributed by atoms with Crippen LogP contribution in [0, 0.1) is 5.82 Å². The van der Waals surface area contributed by atoms with Crippen molar-refractivity contribution in [2.24, 2.45) is 0 Å². The predicted molar refractivity (Wildman–Crippen MR) is 119 cm³/mol. The SMILES string of the molecule is CCN1CCN(S(=O)(=O)c2cccc(NC(=O)c3ccc(-n4cccn4)c(F)c3)c2)CC1. The molecule has 8 nitrogen and oxygen atoms in total. The molecular weight excluding hydrogens is 433 g/mol. The minimum absolute atomic E-state index is 0.112. The van der Waals surface area contributed by atoms with Crippen LogP contribution in [0.3, 0.4) is 0 Å². The van der Waals surface area contributed by atoms with Crippen LogP contribution in [0.4, 0.5) is 10.1 Å². The maximum Gasteiger partial charge on any atom is 0.255 e. The van der Waals surface area contributed by atoms with Crippen LogP contribution in [-0.4, -0.2) is 66.0 Å². The fourth-order valence-corrected chi connectivity index (χ4v) is 5.09. The Bertz CT molecular complexity index is 1210. The number of carbonyl (C=O) groups is 1. The Morgan fingerprint density at radius 2 is 1.88 bits per heavy atom. The van der Waals surface area contributed by atoms with Crippen molar-refractivity contribution in [2.45, 2.75) is 11.8 Å². The molecule has 3 aromatic rings. The van der Waals surface area contributed by atoms with Crippen molar-refractivity contribution in [3.05, 3.63) is 72.3 Å². The fourth-order valence-electron chi connectivity index (χ4n) is 3.62. The van der Waals surface area contributed by atoms with Gasteiger partial charge >= 0.3 is 0 Å². The topological polar surface area (TPSA) is 87.5 Å². The van der Waals surface area contributed by atoms with E-state index in [2.05, 4.69) is 15.3 Å². The number of carbonyl (C=O) groups excluding carboxylic acids is 1. The zero-order valence-corrected chi connectivity index (χ0v) is 18.4. The molecular formula is C22H24FN5O3S. The van der Waals surface area contributed by atoms with Crippen molar-refractivity contribution >= 4 is 21.6 Å². The first-order valence-corrected chi connectivity index (χ1v) is 11.8. The lowest BCUT2D eigenvalue weighted by Gasteiger charge is -2.33. The number of nitrogens with one attached hydrogen (secondary N) is 1. The standard InChI is InChI=1S/C22H24FN5O3S/c1-2-26-11-13-27(14-12-26)32(30,31)19-6-3-5-18(16-19)25-22(29)17-7-8-21(20(23)15-17)28-10-4-9-24-28/h3-10,15-16H,2,11-14H2,1H3,(H,25,29). The molecule has 10 heteroatoms. The van der Waals surface area contributed by atoms with Crippen molar-refractivity contribution in [3.63, 3.8) is 0 Å². The molecule has 0 saturated carbocycles. The lowest BCUT2D eigenvalue weighted by molar-refractivity contribution is 0.102. The molecule has 1 aliphatic heterocycles. The number of nitrogens with zero attached hydrogens (tertiary/aromatic N) is 4. The smallest absolute Gasteiger partial charge is 0.255 e. The maximum atomic E-state index is 14.5. The summed E-state index contributed by atoms with van der Waals surface area (Å²) in [7, 11) is -3.67. The molecule has 1 amide bonds. The first-order chi connectivity index (χ1) is 15.4. The van der Waals surface area contributed by atoms with E-state index in [0.717, 1.165) is 12.6 Å². The fraction of sp³-hybridized carbons (Fsp3) is 0.273. The minimum atomic E-state index is -3.67. The summed E-state index contributed by atoms with van der Waals surface area (Å²) in [4.78, 5) is 14.9. The number of rotatable bonds is 6. The van der Waals surface area contributed by atoms with Gasteiger partial charge in [0.2, 0.25) is 10.0 Å². The quantitative estimate of drug-likeness (QED) is 0.615. The summed E-state index contributed by atoms with van der Waals surface area (Å²) >= 11 is 0. The number of amides is 1. The van der Waals surface area contributed by atoms with Gasteiger partial charge in [-0.25, -0.2) is 17.5 Å². The third kappa shape index (κ3) is 4.57. The molecule has 1 N–H and O–H groups in total. The maximum absolute atomic E-state index is 14.5. The van der Waals surface area contributed by atoms with Gasteiger partial charge in [-0.05, 0) is 49.0 Å². The van der Waals surface area contributed by atoms with Crippen molar-refractivity contribution in [2.75, 3.05) is 38.0 Å². The molecule has 32 heavy (non-hydrogen) atoms. The average Bonchev–Trinajstić information content (AvgIpc) is 3.34. The molecule has 0 bridgehead atoms. The largest absolute Gasteiger partial charge is 0.322 e. The summed E-state index contributed by atoms with van der Waals surface area (Å²) in [5.74, 6) is -1.13. The van der Waals surface area contributed by atoms with E-state index in [0.29, 0.717) is 31.9 Å². The lowest BCUT2D eigenvalue weighted by atomic mass is 10.1. The third-order valence-electron chi connectivity index (χ3n) is 5.47. The highest BCUT2D eigenvalue weighted by atomic mass is 32.2. The minimum Gasteiger partial charge on any atom is -0.322 e. The molecule has 1 aromatic heterocycles. The zero-order valence-electron chi connectivity index (χ0n) is 17.6. The number of anilines is 1. The van der Waals surface area contributed by atoms with E-state index in [1.54, 1.807) is 24.4 Å². The van der Waals surface area contributed by atoms with E-state index in [1.165, 1.54) is 39.4 Å². The van der Waals surface area contributed by atoms with Crippen molar-refractivity contribution < 1.29 is 17.6 Å². The molecule has 1 aliphatic rings. The van der Waals surface area contributed by atoms with Gasteiger partial charge in [-0.1, -0.05) is 13.0 Å². The van der Waals surface area contributed by atoms with E-state index >= 15 is 0 Å². The van der Waals surface area contributed by atoms with E-state index in [4.69, 9.17) is 0 Å². The monoisotopic (exact) mass is 457 g/mol. The number of aromatic nitrogens is 2. The summed E-state index contributed by atoms with van der Waals surface area (Å²) in [5, 5.41) is 6.63. The number of likely N-dealkylation sites (N-methyl/N-ethyl adjacent to an activating group) is 1. The highest BCUT2D eigenvalue weighted by Crippen LogP contribution is 2.22.